The van der Waals surface area contributed by atoms with Crippen molar-refractivity contribution in [3.8, 4) is 0 Å². The molecule has 0 aromatic heterocycles. The van der Waals surface area contributed by atoms with E-state index in [1.165, 1.54) is 12.0 Å². The summed E-state index contributed by atoms with van der Waals surface area (Å²) in [7, 11) is 0. The molecule has 0 radical (unpaired) electrons. The lowest BCUT2D eigenvalue weighted by Gasteiger charge is -2.03. The van der Waals surface area contributed by atoms with Gasteiger partial charge in [-0.1, -0.05) is 26.0 Å². The van der Waals surface area contributed by atoms with Crippen LogP contribution in [0.3, 0.4) is 0 Å². The lowest BCUT2D eigenvalue weighted by Crippen LogP contribution is -1.96. The molecular weight excluding hydrogens is 176 g/mol. The minimum atomic E-state index is -0.855. The van der Waals surface area contributed by atoms with Crippen molar-refractivity contribution >= 4 is 5.97 Å². The van der Waals surface area contributed by atoms with Gasteiger partial charge < -0.3 is 5.11 Å². The predicted octanol–water partition coefficient (Wildman–Crippen LogP) is 2.90. The first-order chi connectivity index (χ1) is 6.50. The van der Waals surface area contributed by atoms with E-state index < -0.39 is 5.97 Å². The third-order valence-electron chi connectivity index (χ3n) is 3.07. The minimum Gasteiger partial charge on any atom is -0.478 e. The fourth-order valence-corrected chi connectivity index (χ4v) is 1.89. The van der Waals surface area contributed by atoms with E-state index in [2.05, 4.69) is 13.8 Å². The Balaban J connectivity index is 2.20. The summed E-state index contributed by atoms with van der Waals surface area (Å²) in [5, 5.41) is 8.73. The van der Waals surface area contributed by atoms with Gasteiger partial charge in [-0.2, -0.15) is 0 Å². The average Bonchev–Trinajstić information content (AvgIpc) is 2.75. The molecule has 1 atom stereocenters. The third kappa shape index (κ3) is 1.52. The van der Waals surface area contributed by atoms with Crippen molar-refractivity contribution in [3.05, 3.63) is 35.4 Å². The molecule has 1 fully saturated rings. The number of rotatable bonds is 2. The highest BCUT2D eigenvalue weighted by atomic mass is 16.4. The zero-order valence-corrected chi connectivity index (χ0v) is 8.45. The second-order valence-electron chi connectivity index (χ2n) is 4.67. The number of carbonyl (C=O) groups is 1. The van der Waals surface area contributed by atoms with Crippen LogP contribution in [0.4, 0.5) is 0 Å². The number of carboxylic acids is 1. The molecule has 0 unspecified atom stereocenters. The van der Waals surface area contributed by atoms with Gasteiger partial charge in [-0.25, -0.2) is 4.79 Å². The average molecular weight is 190 g/mol. The summed E-state index contributed by atoms with van der Waals surface area (Å²) < 4.78 is 0. The first-order valence-electron chi connectivity index (χ1n) is 4.84. The van der Waals surface area contributed by atoms with Gasteiger partial charge in [-0.3, -0.25) is 0 Å². The van der Waals surface area contributed by atoms with Crippen molar-refractivity contribution in [3.63, 3.8) is 0 Å². The normalized spacial score (nSPS) is 23.1. The topological polar surface area (TPSA) is 37.3 Å². The maximum atomic E-state index is 10.6. The van der Waals surface area contributed by atoms with Crippen LogP contribution in [0.25, 0.3) is 0 Å². The zero-order chi connectivity index (χ0) is 10.3. The quantitative estimate of drug-likeness (QED) is 0.778. The van der Waals surface area contributed by atoms with Gasteiger partial charge in [0.1, 0.15) is 0 Å². The van der Waals surface area contributed by atoms with Gasteiger partial charge in [-0.15, -0.1) is 0 Å². The molecule has 14 heavy (non-hydrogen) atoms. The molecule has 0 spiro atoms. The Morgan fingerprint density at radius 1 is 1.36 bits per heavy atom. The number of carboxylic acid groups (broad SMARTS) is 1. The highest BCUT2D eigenvalue weighted by Gasteiger charge is 2.46. The van der Waals surface area contributed by atoms with Gasteiger partial charge >= 0.3 is 5.97 Å². The summed E-state index contributed by atoms with van der Waals surface area (Å²) in [5.74, 6) is -0.239. The summed E-state index contributed by atoms with van der Waals surface area (Å²) in [5.41, 5.74) is 2.04. The third-order valence-corrected chi connectivity index (χ3v) is 3.07. The van der Waals surface area contributed by atoms with Gasteiger partial charge in [0.05, 0.1) is 5.56 Å². The molecule has 0 saturated heterocycles. The predicted molar refractivity (Wildman–Crippen MR) is 54.5 cm³/mol. The van der Waals surface area contributed by atoms with Crippen LogP contribution >= 0.6 is 0 Å². The van der Waals surface area contributed by atoms with Crippen LogP contribution in [0, 0.1) is 5.41 Å². The minimum absolute atomic E-state index is 0.368. The van der Waals surface area contributed by atoms with Crippen molar-refractivity contribution < 1.29 is 9.90 Å². The molecule has 1 aliphatic rings. The van der Waals surface area contributed by atoms with Gasteiger partial charge in [0.2, 0.25) is 0 Å². The van der Waals surface area contributed by atoms with Crippen molar-refractivity contribution in [2.75, 3.05) is 0 Å². The van der Waals surface area contributed by atoms with Gasteiger partial charge in [0.15, 0.2) is 0 Å². The van der Waals surface area contributed by atoms with Crippen molar-refractivity contribution in [2.45, 2.75) is 26.2 Å². The van der Waals surface area contributed by atoms with Crippen LogP contribution in [-0.4, -0.2) is 11.1 Å². The number of hydrogen-bond donors (Lipinski definition) is 1. The first kappa shape index (κ1) is 9.25. The van der Waals surface area contributed by atoms with Crippen LogP contribution < -0.4 is 0 Å². The summed E-state index contributed by atoms with van der Waals surface area (Å²) >= 11 is 0. The fourth-order valence-electron chi connectivity index (χ4n) is 1.89. The number of hydrogen-bond acceptors (Lipinski definition) is 1. The second-order valence-corrected chi connectivity index (χ2v) is 4.67. The number of benzene rings is 1. The summed E-state index contributed by atoms with van der Waals surface area (Å²) in [6, 6.07) is 7.24. The molecule has 74 valence electrons. The van der Waals surface area contributed by atoms with Gasteiger partial charge in [0.25, 0.3) is 0 Å². The van der Waals surface area contributed by atoms with E-state index in [0.717, 1.165) is 0 Å². The molecule has 1 aromatic carbocycles. The molecule has 1 N–H and O–H groups in total. The van der Waals surface area contributed by atoms with Crippen LogP contribution in [0.2, 0.25) is 0 Å². The molecule has 0 aliphatic heterocycles. The summed E-state index contributed by atoms with van der Waals surface area (Å²) in [6.45, 7) is 4.48. The molecule has 2 rings (SSSR count). The summed E-state index contributed by atoms with van der Waals surface area (Å²) in [4.78, 5) is 10.6. The van der Waals surface area contributed by atoms with Crippen LogP contribution in [0.15, 0.2) is 24.3 Å². The second kappa shape index (κ2) is 2.84. The maximum absolute atomic E-state index is 10.6. The van der Waals surface area contributed by atoms with E-state index >= 15 is 0 Å². The monoisotopic (exact) mass is 190 g/mol. The smallest absolute Gasteiger partial charge is 0.335 e. The van der Waals surface area contributed by atoms with E-state index in [0.29, 0.717) is 16.9 Å². The highest BCUT2D eigenvalue weighted by Crippen LogP contribution is 2.58. The van der Waals surface area contributed by atoms with Crippen molar-refractivity contribution in [1.29, 1.82) is 0 Å². The van der Waals surface area contributed by atoms with Gasteiger partial charge in [0, 0.05) is 0 Å². The van der Waals surface area contributed by atoms with Gasteiger partial charge in [-0.05, 0) is 35.4 Å². The van der Waals surface area contributed by atoms with E-state index in [1.54, 1.807) is 12.1 Å². The fraction of sp³-hybridized carbons (Fsp3) is 0.417. The molecule has 0 heterocycles. The van der Waals surface area contributed by atoms with Crippen molar-refractivity contribution in [2.24, 2.45) is 5.41 Å². The van der Waals surface area contributed by atoms with Crippen LogP contribution in [0.1, 0.15) is 42.1 Å². The van der Waals surface area contributed by atoms with Crippen LogP contribution in [-0.2, 0) is 0 Å². The molecule has 0 amide bonds. The Bertz CT molecular complexity index is 362. The van der Waals surface area contributed by atoms with Crippen molar-refractivity contribution in [1.82, 2.24) is 0 Å². The molecule has 0 bridgehead atoms. The Morgan fingerprint density at radius 2 is 1.86 bits per heavy atom. The molecule has 2 nitrogen and oxygen atoms in total. The maximum Gasteiger partial charge on any atom is 0.335 e. The Morgan fingerprint density at radius 3 is 2.21 bits per heavy atom. The molecule has 2 heteroatoms. The van der Waals surface area contributed by atoms with E-state index in [1.807, 2.05) is 12.1 Å². The SMILES string of the molecule is CC1(C)C[C@@H]1c1ccc(C(=O)O)cc1. The first-order valence-corrected chi connectivity index (χ1v) is 4.84. The largest absolute Gasteiger partial charge is 0.478 e. The Labute approximate surface area is 83.6 Å². The standard InChI is InChI=1S/C12H14O2/c1-12(2)7-10(12)8-3-5-9(6-4-8)11(13)14/h3-6,10H,7H2,1-2H3,(H,13,14)/t10-/m1/s1. The number of aromatic carboxylic acids is 1. The highest BCUT2D eigenvalue weighted by molar-refractivity contribution is 5.87. The lowest BCUT2D eigenvalue weighted by molar-refractivity contribution is 0.0697. The molecule has 1 saturated carbocycles. The Hall–Kier alpha value is -1.31. The molecule has 1 aromatic rings. The molecule has 1 aliphatic carbocycles. The zero-order valence-electron chi connectivity index (χ0n) is 8.45. The van der Waals surface area contributed by atoms with E-state index in [4.69, 9.17) is 5.11 Å². The molecular formula is C12H14O2. The summed E-state index contributed by atoms with van der Waals surface area (Å²) in [6.07, 6.45) is 1.21. The van der Waals surface area contributed by atoms with Crippen LogP contribution in [0.5, 0.6) is 0 Å². The van der Waals surface area contributed by atoms with E-state index in [-0.39, 0.29) is 0 Å². The Kier molecular flexibility index (Phi) is 1.88. The lowest BCUT2D eigenvalue weighted by atomic mass is 10.0. The van der Waals surface area contributed by atoms with E-state index in [9.17, 15) is 4.79 Å².